The zero-order valence-corrected chi connectivity index (χ0v) is 16.7. The second kappa shape index (κ2) is 8.06. The van der Waals surface area contributed by atoms with Gasteiger partial charge in [-0.25, -0.2) is 9.67 Å². The van der Waals surface area contributed by atoms with E-state index in [0.717, 1.165) is 30.7 Å². The van der Waals surface area contributed by atoms with Gasteiger partial charge in [-0.15, -0.1) is 0 Å². The molecule has 8 nitrogen and oxygen atoms in total. The number of methoxy groups -OCH3 is 1. The summed E-state index contributed by atoms with van der Waals surface area (Å²) in [6.07, 6.45) is 7.37. The standard InChI is InChI=1S/C21H25N5O3/c1-14-5-3-4-6-18(14)24-19(27)12-25-13-22-20-17(21(25)28)11-23-26(20)15-7-9-16(29-2)10-8-15/h7-11,13-14,18H,3-6,12H2,1-2H3,(H,24,27)/t14-,18+/m0/s1. The van der Waals surface area contributed by atoms with Crippen molar-refractivity contribution in [2.24, 2.45) is 5.92 Å². The van der Waals surface area contributed by atoms with Crippen molar-refractivity contribution in [3.8, 4) is 11.4 Å². The first-order valence-electron chi connectivity index (χ1n) is 9.94. The number of ether oxygens (including phenoxy) is 1. The molecule has 1 amide bonds. The summed E-state index contributed by atoms with van der Waals surface area (Å²) in [5.41, 5.74) is 0.953. The van der Waals surface area contributed by atoms with Gasteiger partial charge in [-0.2, -0.15) is 5.10 Å². The van der Waals surface area contributed by atoms with E-state index in [4.69, 9.17) is 4.74 Å². The number of fused-ring (bicyclic) bond motifs is 1. The van der Waals surface area contributed by atoms with E-state index in [1.807, 2.05) is 24.3 Å². The molecule has 4 rings (SSSR count). The number of aromatic nitrogens is 4. The lowest BCUT2D eigenvalue weighted by Crippen LogP contribution is -2.43. The number of carbonyl (C=O) groups is 1. The highest BCUT2D eigenvalue weighted by molar-refractivity contribution is 5.78. The van der Waals surface area contributed by atoms with Crippen LogP contribution in [0.2, 0.25) is 0 Å². The van der Waals surface area contributed by atoms with Gasteiger partial charge >= 0.3 is 0 Å². The highest BCUT2D eigenvalue weighted by Gasteiger charge is 2.23. The van der Waals surface area contributed by atoms with Crippen LogP contribution in [0.3, 0.4) is 0 Å². The summed E-state index contributed by atoms with van der Waals surface area (Å²) >= 11 is 0. The number of carbonyl (C=O) groups excluding carboxylic acids is 1. The van der Waals surface area contributed by atoms with Crippen LogP contribution in [0.1, 0.15) is 32.6 Å². The number of amides is 1. The van der Waals surface area contributed by atoms with Crippen LogP contribution in [0.4, 0.5) is 0 Å². The molecular weight excluding hydrogens is 370 g/mol. The second-order valence-corrected chi connectivity index (χ2v) is 7.61. The van der Waals surface area contributed by atoms with Crippen LogP contribution < -0.4 is 15.6 Å². The third-order valence-corrected chi connectivity index (χ3v) is 5.64. The predicted molar refractivity (Wildman–Crippen MR) is 109 cm³/mol. The summed E-state index contributed by atoms with van der Waals surface area (Å²) in [4.78, 5) is 29.7. The van der Waals surface area contributed by atoms with Crippen molar-refractivity contribution in [3.63, 3.8) is 0 Å². The molecule has 1 aliphatic rings. The SMILES string of the molecule is COc1ccc(-n2ncc3c(=O)n(CC(=O)N[C@@H]4CCCC[C@@H]4C)cnc32)cc1. The number of hydrogen-bond acceptors (Lipinski definition) is 5. The molecule has 1 aromatic carbocycles. The van der Waals surface area contributed by atoms with E-state index < -0.39 is 0 Å². The van der Waals surface area contributed by atoms with E-state index in [1.54, 1.807) is 11.8 Å². The van der Waals surface area contributed by atoms with Crippen molar-refractivity contribution < 1.29 is 9.53 Å². The monoisotopic (exact) mass is 395 g/mol. The minimum absolute atomic E-state index is 0.0429. The Bertz CT molecular complexity index is 1070. The quantitative estimate of drug-likeness (QED) is 0.716. The molecule has 8 heteroatoms. The van der Waals surface area contributed by atoms with Gasteiger partial charge in [-0.1, -0.05) is 19.8 Å². The van der Waals surface area contributed by atoms with Crippen molar-refractivity contribution >= 4 is 16.9 Å². The van der Waals surface area contributed by atoms with Gasteiger partial charge in [0.1, 0.15) is 24.0 Å². The lowest BCUT2D eigenvalue weighted by atomic mass is 9.86. The number of benzene rings is 1. The predicted octanol–water partition coefficient (Wildman–Crippen LogP) is 2.29. The number of hydrogen-bond donors (Lipinski definition) is 1. The highest BCUT2D eigenvalue weighted by atomic mass is 16.5. The molecule has 0 bridgehead atoms. The Kier molecular flexibility index (Phi) is 5.33. The number of nitrogens with zero attached hydrogens (tertiary/aromatic N) is 4. The van der Waals surface area contributed by atoms with Gasteiger partial charge < -0.3 is 10.1 Å². The first-order chi connectivity index (χ1) is 14.1. The summed E-state index contributed by atoms with van der Waals surface area (Å²) in [5.74, 6) is 1.04. The molecule has 0 unspecified atom stereocenters. The molecule has 152 valence electrons. The summed E-state index contributed by atoms with van der Waals surface area (Å²) in [6.45, 7) is 2.12. The maximum absolute atomic E-state index is 12.8. The van der Waals surface area contributed by atoms with E-state index in [0.29, 0.717) is 17.0 Å². The molecule has 2 atom stereocenters. The maximum atomic E-state index is 12.8. The highest BCUT2D eigenvalue weighted by Crippen LogP contribution is 2.23. The molecule has 1 N–H and O–H groups in total. The number of rotatable bonds is 5. The van der Waals surface area contributed by atoms with Crippen LogP contribution >= 0.6 is 0 Å². The summed E-state index contributed by atoms with van der Waals surface area (Å²) in [7, 11) is 1.60. The van der Waals surface area contributed by atoms with Crippen LogP contribution in [0.15, 0.2) is 41.6 Å². The van der Waals surface area contributed by atoms with Gasteiger partial charge in [0, 0.05) is 6.04 Å². The molecule has 3 aromatic rings. The van der Waals surface area contributed by atoms with Crippen LogP contribution in [-0.2, 0) is 11.3 Å². The zero-order valence-electron chi connectivity index (χ0n) is 16.7. The Hall–Kier alpha value is -3.16. The normalized spacial score (nSPS) is 19.2. The van der Waals surface area contributed by atoms with E-state index in [2.05, 4.69) is 22.3 Å². The van der Waals surface area contributed by atoms with Gasteiger partial charge in [0.15, 0.2) is 5.65 Å². The van der Waals surface area contributed by atoms with Gasteiger partial charge in [0.05, 0.1) is 19.0 Å². The summed E-state index contributed by atoms with van der Waals surface area (Å²) < 4.78 is 8.11. The van der Waals surface area contributed by atoms with E-state index in [-0.39, 0.29) is 24.1 Å². The molecule has 1 saturated carbocycles. The molecule has 0 saturated heterocycles. The Balaban J connectivity index is 1.55. The van der Waals surface area contributed by atoms with Crippen molar-refractivity contribution in [1.29, 1.82) is 0 Å². The largest absolute Gasteiger partial charge is 0.497 e. The molecule has 2 aromatic heterocycles. The first kappa shape index (κ1) is 19.2. The summed E-state index contributed by atoms with van der Waals surface area (Å²) in [6, 6.07) is 7.51. The fourth-order valence-corrected chi connectivity index (χ4v) is 3.91. The minimum atomic E-state index is -0.276. The Morgan fingerprint density at radius 3 is 2.72 bits per heavy atom. The molecule has 2 heterocycles. The minimum Gasteiger partial charge on any atom is -0.497 e. The maximum Gasteiger partial charge on any atom is 0.264 e. The fraction of sp³-hybridized carbons (Fsp3) is 0.429. The summed E-state index contributed by atoms with van der Waals surface area (Å²) in [5, 5.41) is 7.76. The van der Waals surface area contributed by atoms with Crippen molar-refractivity contribution in [2.45, 2.75) is 45.2 Å². The topological polar surface area (TPSA) is 91.0 Å². The van der Waals surface area contributed by atoms with Gasteiger partial charge in [0.2, 0.25) is 5.91 Å². The number of nitrogens with one attached hydrogen (secondary N) is 1. The van der Waals surface area contributed by atoms with Crippen LogP contribution in [0, 0.1) is 5.92 Å². The van der Waals surface area contributed by atoms with Crippen LogP contribution in [0.5, 0.6) is 5.75 Å². The Morgan fingerprint density at radius 1 is 1.24 bits per heavy atom. The smallest absolute Gasteiger partial charge is 0.264 e. The Labute approximate surface area is 168 Å². The molecule has 0 radical (unpaired) electrons. The molecule has 0 spiro atoms. The van der Waals surface area contributed by atoms with Gasteiger partial charge in [-0.05, 0) is 43.0 Å². The van der Waals surface area contributed by atoms with Crippen molar-refractivity contribution in [3.05, 3.63) is 47.1 Å². The molecule has 29 heavy (non-hydrogen) atoms. The lowest BCUT2D eigenvalue weighted by molar-refractivity contribution is -0.123. The zero-order chi connectivity index (χ0) is 20.4. The lowest BCUT2D eigenvalue weighted by Gasteiger charge is -2.29. The third kappa shape index (κ3) is 3.87. The fourth-order valence-electron chi connectivity index (χ4n) is 3.91. The molecule has 1 fully saturated rings. The van der Waals surface area contributed by atoms with Crippen LogP contribution in [0.25, 0.3) is 16.7 Å². The first-order valence-corrected chi connectivity index (χ1v) is 9.94. The average Bonchev–Trinajstić information content (AvgIpc) is 3.17. The van der Waals surface area contributed by atoms with Crippen molar-refractivity contribution in [2.75, 3.05) is 7.11 Å². The van der Waals surface area contributed by atoms with Gasteiger partial charge in [-0.3, -0.25) is 14.2 Å². The average molecular weight is 395 g/mol. The third-order valence-electron chi connectivity index (χ3n) is 5.64. The van der Waals surface area contributed by atoms with E-state index in [9.17, 15) is 9.59 Å². The molecule has 0 aliphatic heterocycles. The second-order valence-electron chi connectivity index (χ2n) is 7.61. The van der Waals surface area contributed by atoms with E-state index >= 15 is 0 Å². The Morgan fingerprint density at radius 2 is 2.00 bits per heavy atom. The molecule has 1 aliphatic carbocycles. The molecular formula is C21H25N5O3. The van der Waals surface area contributed by atoms with Crippen molar-refractivity contribution in [1.82, 2.24) is 24.6 Å². The van der Waals surface area contributed by atoms with E-state index in [1.165, 1.54) is 23.5 Å². The van der Waals surface area contributed by atoms with Crippen LogP contribution in [-0.4, -0.2) is 38.4 Å². The van der Waals surface area contributed by atoms with Gasteiger partial charge in [0.25, 0.3) is 5.56 Å².